The summed E-state index contributed by atoms with van der Waals surface area (Å²) in [5.74, 6) is -0.122. The minimum absolute atomic E-state index is 0.0398. The van der Waals surface area contributed by atoms with Gasteiger partial charge in [-0.3, -0.25) is 4.79 Å². The first-order chi connectivity index (χ1) is 24.7. The van der Waals surface area contributed by atoms with Gasteiger partial charge in [0.05, 0.1) is 32.5 Å². The van der Waals surface area contributed by atoms with Crippen molar-refractivity contribution < 1.29 is 23.7 Å². The molecule has 1 N–H and O–H groups in total. The zero-order valence-corrected chi connectivity index (χ0v) is 34.2. The quantitative estimate of drug-likeness (QED) is 0.0637. The lowest BCUT2D eigenvalue weighted by Gasteiger charge is -2.19. The van der Waals surface area contributed by atoms with Crippen molar-refractivity contribution >= 4 is 5.91 Å². The second kappa shape index (κ2) is 44.5. The molecule has 0 aromatic carbocycles. The molecule has 0 aromatic heterocycles. The van der Waals surface area contributed by atoms with Crippen LogP contribution < -0.4 is 5.32 Å². The Hall–Kier alpha value is -0.690. The van der Waals surface area contributed by atoms with Crippen LogP contribution in [0, 0.1) is 0 Å². The van der Waals surface area contributed by atoms with E-state index in [0.29, 0.717) is 26.4 Å². The summed E-state index contributed by atoms with van der Waals surface area (Å²) in [5.41, 5.74) is 0. The van der Waals surface area contributed by atoms with E-state index in [4.69, 9.17) is 18.9 Å². The molecule has 50 heavy (non-hydrogen) atoms. The minimum atomic E-state index is -0.143. The van der Waals surface area contributed by atoms with Gasteiger partial charge in [0.15, 0.2) is 0 Å². The lowest BCUT2D eigenvalue weighted by Crippen LogP contribution is -2.43. The SMILES string of the molecule is CCCCCCCCCCCCCCCCCCOCC(COCCCCCCCCCCCCCCCCCC)NC(=O)COCCOC. The van der Waals surface area contributed by atoms with Crippen LogP contribution in [0.25, 0.3) is 0 Å². The number of carbonyl (C=O) groups excluding carboxylic acids is 1. The number of nitrogens with one attached hydrogen (secondary N) is 1. The summed E-state index contributed by atoms with van der Waals surface area (Å²) >= 11 is 0. The summed E-state index contributed by atoms with van der Waals surface area (Å²) in [5, 5.41) is 3.05. The van der Waals surface area contributed by atoms with Crippen molar-refractivity contribution in [1.82, 2.24) is 5.32 Å². The van der Waals surface area contributed by atoms with Gasteiger partial charge in [-0.15, -0.1) is 0 Å². The summed E-state index contributed by atoms with van der Waals surface area (Å²) in [7, 11) is 1.63. The number of carbonyl (C=O) groups is 1. The van der Waals surface area contributed by atoms with E-state index in [2.05, 4.69) is 19.2 Å². The molecule has 0 fully saturated rings. The average Bonchev–Trinajstić information content (AvgIpc) is 3.12. The highest BCUT2D eigenvalue weighted by molar-refractivity contribution is 5.77. The molecule has 1 amide bonds. The molecule has 0 aliphatic heterocycles. The third-order valence-electron chi connectivity index (χ3n) is 9.95. The molecular weight excluding hydrogens is 622 g/mol. The summed E-state index contributed by atoms with van der Waals surface area (Å²) in [6, 6.07) is -0.143. The van der Waals surface area contributed by atoms with E-state index >= 15 is 0 Å². The first kappa shape index (κ1) is 49.3. The Morgan fingerprint density at radius 1 is 0.400 bits per heavy atom. The van der Waals surface area contributed by atoms with E-state index in [1.165, 1.54) is 193 Å². The van der Waals surface area contributed by atoms with Gasteiger partial charge in [0.1, 0.15) is 6.61 Å². The molecule has 0 bridgehead atoms. The number of amides is 1. The largest absolute Gasteiger partial charge is 0.382 e. The van der Waals surface area contributed by atoms with E-state index in [9.17, 15) is 4.79 Å². The topological polar surface area (TPSA) is 66.0 Å². The van der Waals surface area contributed by atoms with E-state index in [1.807, 2.05) is 0 Å². The van der Waals surface area contributed by atoms with Crippen molar-refractivity contribution in [2.75, 3.05) is 53.4 Å². The molecule has 0 spiro atoms. The van der Waals surface area contributed by atoms with Gasteiger partial charge in [0, 0.05) is 20.3 Å². The molecule has 0 aromatic rings. The van der Waals surface area contributed by atoms with Crippen LogP contribution in [0.4, 0.5) is 0 Å². The van der Waals surface area contributed by atoms with Crippen molar-refractivity contribution in [3.8, 4) is 0 Å². The summed E-state index contributed by atoms with van der Waals surface area (Å²) in [6.45, 7) is 7.99. The Morgan fingerprint density at radius 3 is 1.00 bits per heavy atom. The number of hydrogen-bond acceptors (Lipinski definition) is 5. The summed E-state index contributed by atoms with van der Waals surface area (Å²) in [6.07, 6.45) is 43.8. The number of methoxy groups -OCH3 is 1. The third-order valence-corrected chi connectivity index (χ3v) is 9.95. The van der Waals surface area contributed by atoms with Crippen molar-refractivity contribution in [2.45, 2.75) is 225 Å². The van der Waals surface area contributed by atoms with E-state index in [-0.39, 0.29) is 18.6 Å². The Morgan fingerprint density at radius 2 is 0.700 bits per heavy atom. The highest BCUT2D eigenvalue weighted by atomic mass is 16.5. The summed E-state index contributed by atoms with van der Waals surface area (Å²) in [4.78, 5) is 12.4. The van der Waals surface area contributed by atoms with Gasteiger partial charge >= 0.3 is 0 Å². The Balaban J connectivity index is 3.80. The standard InChI is InChI=1S/C44H89NO5/c1-4-6-8-10-12-14-16-18-20-22-24-26-28-30-32-34-36-48-40-43(45-44(46)42-50-39-38-47-3)41-49-37-35-33-31-29-27-25-23-21-19-17-15-13-11-9-7-5-2/h43H,4-42H2,1-3H3,(H,45,46). The molecule has 0 radical (unpaired) electrons. The molecular formula is C44H89NO5. The smallest absolute Gasteiger partial charge is 0.246 e. The van der Waals surface area contributed by atoms with Crippen molar-refractivity contribution in [1.29, 1.82) is 0 Å². The zero-order valence-electron chi connectivity index (χ0n) is 34.2. The lowest BCUT2D eigenvalue weighted by molar-refractivity contribution is -0.127. The lowest BCUT2D eigenvalue weighted by atomic mass is 10.0. The van der Waals surface area contributed by atoms with E-state index in [1.54, 1.807) is 7.11 Å². The first-order valence-corrected chi connectivity index (χ1v) is 22.3. The molecule has 300 valence electrons. The Bertz CT molecular complexity index is 594. The van der Waals surface area contributed by atoms with Crippen molar-refractivity contribution in [3.05, 3.63) is 0 Å². The van der Waals surface area contributed by atoms with Crippen LogP contribution in [0.5, 0.6) is 0 Å². The number of unbranched alkanes of at least 4 members (excludes halogenated alkanes) is 30. The van der Waals surface area contributed by atoms with Gasteiger partial charge < -0.3 is 24.3 Å². The zero-order chi connectivity index (χ0) is 36.3. The van der Waals surface area contributed by atoms with Gasteiger partial charge in [-0.05, 0) is 12.8 Å². The molecule has 0 saturated carbocycles. The molecule has 0 aliphatic carbocycles. The maximum Gasteiger partial charge on any atom is 0.246 e. The summed E-state index contributed by atoms with van der Waals surface area (Å²) < 4.78 is 22.4. The highest BCUT2D eigenvalue weighted by Gasteiger charge is 2.13. The van der Waals surface area contributed by atoms with Gasteiger partial charge in [-0.1, -0.05) is 206 Å². The number of ether oxygens (including phenoxy) is 4. The van der Waals surface area contributed by atoms with Crippen LogP contribution >= 0.6 is 0 Å². The normalized spacial score (nSPS) is 11.6. The fourth-order valence-corrected chi connectivity index (χ4v) is 6.66. The molecule has 6 heteroatoms. The second-order valence-electron chi connectivity index (χ2n) is 15.1. The van der Waals surface area contributed by atoms with E-state index in [0.717, 1.165) is 26.1 Å². The van der Waals surface area contributed by atoms with Gasteiger partial charge in [-0.25, -0.2) is 0 Å². The van der Waals surface area contributed by atoms with Crippen LogP contribution in [0.3, 0.4) is 0 Å². The van der Waals surface area contributed by atoms with Crippen LogP contribution in [0.15, 0.2) is 0 Å². The maximum atomic E-state index is 12.4. The maximum absolute atomic E-state index is 12.4. The highest BCUT2D eigenvalue weighted by Crippen LogP contribution is 2.15. The second-order valence-corrected chi connectivity index (χ2v) is 15.1. The molecule has 0 atom stereocenters. The molecule has 0 rings (SSSR count). The average molecular weight is 712 g/mol. The van der Waals surface area contributed by atoms with Gasteiger partial charge in [0.2, 0.25) is 5.91 Å². The van der Waals surface area contributed by atoms with Crippen LogP contribution in [-0.4, -0.2) is 65.3 Å². The Kier molecular flexibility index (Phi) is 43.9. The van der Waals surface area contributed by atoms with Crippen molar-refractivity contribution in [3.63, 3.8) is 0 Å². The van der Waals surface area contributed by atoms with Crippen LogP contribution in [-0.2, 0) is 23.7 Å². The van der Waals surface area contributed by atoms with Crippen molar-refractivity contribution in [2.24, 2.45) is 0 Å². The predicted molar refractivity (Wildman–Crippen MR) is 215 cm³/mol. The van der Waals surface area contributed by atoms with E-state index < -0.39 is 0 Å². The molecule has 0 aliphatic rings. The molecule has 0 heterocycles. The number of hydrogen-bond donors (Lipinski definition) is 1. The van der Waals surface area contributed by atoms with Gasteiger partial charge in [0.25, 0.3) is 0 Å². The Labute approximate surface area is 313 Å². The number of rotatable bonds is 44. The molecule has 6 nitrogen and oxygen atoms in total. The van der Waals surface area contributed by atoms with Crippen LogP contribution in [0.2, 0.25) is 0 Å². The predicted octanol–water partition coefficient (Wildman–Crippen LogP) is 12.7. The van der Waals surface area contributed by atoms with Crippen LogP contribution in [0.1, 0.15) is 219 Å². The first-order valence-electron chi connectivity index (χ1n) is 22.3. The van der Waals surface area contributed by atoms with Gasteiger partial charge in [-0.2, -0.15) is 0 Å². The fourth-order valence-electron chi connectivity index (χ4n) is 6.66. The third kappa shape index (κ3) is 41.7. The monoisotopic (exact) mass is 712 g/mol. The minimum Gasteiger partial charge on any atom is -0.382 e. The molecule has 0 unspecified atom stereocenters. The molecule has 0 saturated heterocycles. The fraction of sp³-hybridized carbons (Fsp3) is 0.977.